The lowest BCUT2D eigenvalue weighted by molar-refractivity contribution is 0.483. The smallest absolute Gasteiger partial charge is 0.184 e. The van der Waals surface area contributed by atoms with E-state index in [0.29, 0.717) is 11.1 Å². The Morgan fingerprint density at radius 2 is 1.65 bits per heavy atom. The highest BCUT2D eigenvalue weighted by atomic mass is 35.5. The van der Waals surface area contributed by atoms with Gasteiger partial charge in [0, 0.05) is 41.8 Å². The zero-order valence-electron chi connectivity index (χ0n) is 18.0. The van der Waals surface area contributed by atoms with Gasteiger partial charge >= 0.3 is 0 Å². The minimum Gasteiger partial charge on any atom is -0.457 e. The second kappa shape index (κ2) is 10.9. The molecule has 164 valence electrons. The third-order valence-electron chi connectivity index (χ3n) is 5.75. The first-order valence-corrected chi connectivity index (χ1v) is 12.4. The van der Waals surface area contributed by atoms with Gasteiger partial charge in [0.25, 0.3) is 0 Å². The van der Waals surface area contributed by atoms with Gasteiger partial charge < -0.3 is 14.6 Å². The fourth-order valence-electron chi connectivity index (χ4n) is 3.90. The van der Waals surface area contributed by atoms with Crippen LogP contribution in [-0.4, -0.2) is 17.2 Å². The number of anilines is 1. The maximum absolute atomic E-state index is 5.92. The molecule has 3 aromatic rings. The average Bonchev–Trinajstić information content (AvgIpc) is 2.96. The highest BCUT2D eigenvalue weighted by Gasteiger charge is 2.11. The van der Waals surface area contributed by atoms with E-state index in [2.05, 4.69) is 22.3 Å². The molecule has 6 heteroatoms. The van der Waals surface area contributed by atoms with Crippen LogP contribution in [0.5, 0.6) is 11.5 Å². The van der Waals surface area contributed by atoms with E-state index in [-0.39, 0.29) is 0 Å². The van der Waals surface area contributed by atoms with Gasteiger partial charge in [-0.2, -0.15) is 0 Å². The Balaban J connectivity index is 1.29. The lowest BCUT2D eigenvalue weighted by Gasteiger charge is -2.10. The maximum Gasteiger partial charge on any atom is 0.184 e. The third kappa shape index (κ3) is 6.37. The van der Waals surface area contributed by atoms with Crippen molar-refractivity contribution in [1.82, 2.24) is 4.57 Å². The molecule has 4 rings (SSSR count). The van der Waals surface area contributed by atoms with Gasteiger partial charge in [-0.3, -0.25) is 4.99 Å². The first-order chi connectivity index (χ1) is 15.2. The molecular formula is C25H30ClN3OS. The van der Waals surface area contributed by atoms with Crippen molar-refractivity contribution in [2.45, 2.75) is 51.0 Å². The number of aromatic nitrogens is 1. The monoisotopic (exact) mass is 455 g/mol. The number of halogens is 1. The summed E-state index contributed by atoms with van der Waals surface area (Å²) in [6.45, 7) is 0.880. The lowest BCUT2D eigenvalue weighted by atomic mass is 10.1. The molecule has 0 unspecified atom stereocenters. The second-order valence-electron chi connectivity index (χ2n) is 8.10. The molecule has 1 N–H and O–H groups in total. The number of hydrogen-bond donors (Lipinski definition) is 1. The number of ether oxygens (including phenoxy) is 1. The molecule has 31 heavy (non-hydrogen) atoms. The normalized spacial score (nSPS) is 15.6. The Bertz CT molecular complexity index is 1020. The molecule has 2 aromatic carbocycles. The van der Waals surface area contributed by atoms with Gasteiger partial charge in [0.15, 0.2) is 4.80 Å². The molecule has 0 atom stereocenters. The molecule has 1 aliphatic carbocycles. The van der Waals surface area contributed by atoms with Crippen LogP contribution in [0.15, 0.2) is 58.9 Å². The number of thiazole rings is 1. The van der Waals surface area contributed by atoms with Crippen molar-refractivity contribution in [2.75, 3.05) is 11.9 Å². The number of rotatable bonds is 7. The van der Waals surface area contributed by atoms with Crippen LogP contribution in [0.1, 0.15) is 44.2 Å². The van der Waals surface area contributed by atoms with Crippen molar-refractivity contribution in [2.24, 2.45) is 12.0 Å². The van der Waals surface area contributed by atoms with Crippen LogP contribution in [0.3, 0.4) is 0 Å². The van der Waals surface area contributed by atoms with E-state index in [9.17, 15) is 0 Å². The summed E-state index contributed by atoms with van der Waals surface area (Å²) in [6, 6.07) is 15.9. The first-order valence-electron chi connectivity index (χ1n) is 11.1. The van der Waals surface area contributed by atoms with Gasteiger partial charge in [0.2, 0.25) is 0 Å². The van der Waals surface area contributed by atoms with Crippen LogP contribution >= 0.6 is 22.9 Å². The largest absolute Gasteiger partial charge is 0.457 e. The van der Waals surface area contributed by atoms with Gasteiger partial charge in [-0.25, -0.2) is 0 Å². The summed E-state index contributed by atoms with van der Waals surface area (Å²) in [4.78, 5) is 6.21. The van der Waals surface area contributed by atoms with Gasteiger partial charge in [-0.05, 0) is 61.4 Å². The maximum atomic E-state index is 5.92. The van der Waals surface area contributed by atoms with Gasteiger partial charge in [0.05, 0.1) is 6.04 Å². The zero-order valence-corrected chi connectivity index (χ0v) is 19.6. The van der Waals surface area contributed by atoms with Crippen molar-refractivity contribution in [3.8, 4) is 11.5 Å². The Labute approximate surface area is 193 Å². The molecule has 0 spiro atoms. The van der Waals surface area contributed by atoms with Crippen molar-refractivity contribution >= 4 is 28.6 Å². The summed E-state index contributed by atoms with van der Waals surface area (Å²) in [5, 5.41) is 6.46. The Morgan fingerprint density at radius 1 is 1.00 bits per heavy atom. The van der Waals surface area contributed by atoms with E-state index < -0.39 is 0 Å². The van der Waals surface area contributed by atoms with Crippen molar-refractivity contribution in [3.63, 3.8) is 0 Å². The predicted molar refractivity (Wildman–Crippen MR) is 131 cm³/mol. The van der Waals surface area contributed by atoms with Crippen LogP contribution in [-0.2, 0) is 13.5 Å². The number of benzene rings is 2. The van der Waals surface area contributed by atoms with Crippen LogP contribution in [0.4, 0.5) is 5.69 Å². The van der Waals surface area contributed by atoms with Gasteiger partial charge in [-0.15, -0.1) is 11.3 Å². The number of hydrogen-bond acceptors (Lipinski definition) is 4. The van der Waals surface area contributed by atoms with Gasteiger partial charge in [0.1, 0.15) is 11.5 Å². The molecule has 1 aromatic heterocycles. The van der Waals surface area contributed by atoms with Crippen molar-refractivity contribution in [3.05, 3.63) is 69.4 Å². The highest BCUT2D eigenvalue weighted by molar-refractivity contribution is 7.07. The Morgan fingerprint density at radius 3 is 2.32 bits per heavy atom. The van der Waals surface area contributed by atoms with E-state index in [1.54, 1.807) is 11.3 Å². The Hall–Kier alpha value is -2.24. The summed E-state index contributed by atoms with van der Waals surface area (Å²) >= 11 is 7.69. The quantitative estimate of drug-likeness (QED) is 0.397. The van der Waals surface area contributed by atoms with Crippen molar-refractivity contribution < 1.29 is 4.74 Å². The summed E-state index contributed by atoms with van der Waals surface area (Å²) in [6.07, 6.45) is 8.84. The fourth-order valence-corrected chi connectivity index (χ4v) is 5.03. The van der Waals surface area contributed by atoms with Crippen molar-refractivity contribution in [1.29, 1.82) is 0 Å². The molecule has 0 saturated heterocycles. The first kappa shape index (κ1) is 22.0. The van der Waals surface area contributed by atoms with Crippen LogP contribution < -0.4 is 14.9 Å². The summed E-state index contributed by atoms with van der Waals surface area (Å²) in [7, 11) is 2.14. The van der Waals surface area contributed by atoms with Crippen LogP contribution in [0.25, 0.3) is 0 Å². The van der Waals surface area contributed by atoms with Crippen LogP contribution in [0.2, 0.25) is 5.02 Å². The average molecular weight is 456 g/mol. The molecule has 1 fully saturated rings. The molecule has 0 radical (unpaired) electrons. The zero-order chi connectivity index (χ0) is 21.5. The van der Waals surface area contributed by atoms with Crippen LogP contribution in [0, 0.1) is 0 Å². The molecular weight excluding hydrogens is 426 g/mol. The number of nitrogens with one attached hydrogen (secondary N) is 1. The minimum atomic E-state index is 0.506. The van der Waals surface area contributed by atoms with Gasteiger partial charge in [-0.1, -0.05) is 37.3 Å². The molecule has 0 aliphatic heterocycles. The third-order valence-corrected chi connectivity index (χ3v) is 6.98. The molecule has 4 nitrogen and oxygen atoms in total. The van der Waals surface area contributed by atoms with E-state index in [1.165, 1.54) is 44.2 Å². The second-order valence-corrected chi connectivity index (χ2v) is 9.37. The number of nitrogens with zero attached hydrogens (tertiary/aromatic N) is 2. The summed E-state index contributed by atoms with van der Waals surface area (Å²) in [5.41, 5.74) is 2.41. The summed E-state index contributed by atoms with van der Waals surface area (Å²) in [5.74, 6) is 1.59. The van der Waals surface area contributed by atoms with E-state index >= 15 is 0 Å². The summed E-state index contributed by atoms with van der Waals surface area (Å²) < 4.78 is 8.12. The molecule has 0 bridgehead atoms. The van der Waals surface area contributed by atoms with E-state index in [4.69, 9.17) is 21.3 Å². The highest BCUT2D eigenvalue weighted by Crippen LogP contribution is 2.24. The molecule has 1 heterocycles. The fraction of sp³-hybridized carbons (Fsp3) is 0.400. The predicted octanol–water partition coefficient (Wildman–Crippen LogP) is 6.81. The molecule has 1 aliphatic rings. The topological polar surface area (TPSA) is 38.5 Å². The van der Waals surface area contributed by atoms with E-state index in [1.807, 2.05) is 48.5 Å². The van der Waals surface area contributed by atoms with E-state index in [0.717, 1.165) is 35.0 Å². The molecule has 1 saturated carbocycles. The minimum absolute atomic E-state index is 0.506. The lowest BCUT2D eigenvalue weighted by Crippen LogP contribution is -2.18. The standard InChI is InChI=1S/C25H30ClN3OS/c1-29-22(18-31-25(29)28-21-6-4-2-3-5-7-21)16-17-27-20-10-14-24(15-11-20)30-23-12-8-19(26)9-13-23/h8-15,18,21,27H,2-7,16-17H2,1H3. The Kier molecular flexibility index (Phi) is 7.71. The molecule has 0 amide bonds. The SMILES string of the molecule is Cn1c(CCNc2ccc(Oc3ccc(Cl)cc3)cc2)csc1=NC1CCCCCC1.